The number of piperazine rings is 1. The highest BCUT2D eigenvalue weighted by molar-refractivity contribution is 5.93. The van der Waals surface area contributed by atoms with Crippen molar-refractivity contribution in [2.45, 2.75) is 18.9 Å². The van der Waals surface area contributed by atoms with Crippen molar-refractivity contribution in [3.63, 3.8) is 0 Å². The molecule has 4 aromatic rings. The van der Waals surface area contributed by atoms with Gasteiger partial charge in [0.2, 0.25) is 0 Å². The maximum atomic E-state index is 6.47. The van der Waals surface area contributed by atoms with E-state index in [9.17, 15) is 0 Å². The maximum absolute atomic E-state index is 6.47. The van der Waals surface area contributed by atoms with Gasteiger partial charge in [-0.25, -0.2) is 4.98 Å². The summed E-state index contributed by atoms with van der Waals surface area (Å²) in [5.74, 6) is 1.83. The fourth-order valence-electron chi connectivity index (χ4n) is 4.96. The van der Waals surface area contributed by atoms with Crippen molar-refractivity contribution in [3.05, 3.63) is 83.9 Å². The Morgan fingerprint density at radius 3 is 2.17 bits per heavy atom. The molecule has 1 aliphatic heterocycles. The maximum Gasteiger partial charge on any atom is 0.159 e. The van der Waals surface area contributed by atoms with Crippen molar-refractivity contribution in [2.24, 2.45) is 5.73 Å². The summed E-state index contributed by atoms with van der Waals surface area (Å²) in [6.45, 7) is 6.07. The average molecular weight is 483 g/mol. The van der Waals surface area contributed by atoms with Crippen LogP contribution in [0.15, 0.2) is 67.0 Å². The van der Waals surface area contributed by atoms with Crippen molar-refractivity contribution in [3.8, 4) is 0 Å². The van der Waals surface area contributed by atoms with E-state index in [-0.39, 0.29) is 0 Å². The van der Waals surface area contributed by atoms with Gasteiger partial charge in [0.1, 0.15) is 5.82 Å². The van der Waals surface area contributed by atoms with Gasteiger partial charge in [0.05, 0.1) is 29.3 Å². The topological polar surface area (TPSA) is 87.3 Å². The molecule has 2 aromatic heterocycles. The van der Waals surface area contributed by atoms with Gasteiger partial charge in [0.25, 0.3) is 0 Å². The zero-order chi connectivity index (χ0) is 25.1. The van der Waals surface area contributed by atoms with Gasteiger partial charge in [-0.3, -0.25) is 4.98 Å². The number of benzene rings is 2. The minimum absolute atomic E-state index is 0.542. The van der Waals surface area contributed by atoms with Crippen molar-refractivity contribution in [1.29, 1.82) is 0 Å². The Morgan fingerprint density at radius 2 is 1.50 bits per heavy atom. The number of rotatable bonds is 7. The van der Waals surface area contributed by atoms with Crippen molar-refractivity contribution >= 4 is 22.4 Å². The molecule has 8 heteroatoms. The van der Waals surface area contributed by atoms with Crippen molar-refractivity contribution in [2.75, 3.05) is 56.6 Å². The fourth-order valence-corrected chi connectivity index (χ4v) is 4.96. The first-order chi connectivity index (χ1) is 17.4. The minimum Gasteiger partial charge on any atom is -0.352 e. The second-order valence-electron chi connectivity index (χ2n) is 10.1. The SMILES string of the molecule is CN(C)CC(C)(N)c1cnc(N2CCN(c3nnc(Cc4ccccc4)c4ccccc34)CC2)cn1. The van der Waals surface area contributed by atoms with Gasteiger partial charge in [0, 0.05) is 49.9 Å². The van der Waals surface area contributed by atoms with Crippen LogP contribution >= 0.6 is 0 Å². The largest absolute Gasteiger partial charge is 0.352 e. The predicted octanol–water partition coefficient (Wildman–Crippen LogP) is 3.07. The van der Waals surface area contributed by atoms with Gasteiger partial charge in [-0.2, -0.15) is 5.10 Å². The first-order valence-electron chi connectivity index (χ1n) is 12.4. The molecule has 186 valence electrons. The van der Waals surface area contributed by atoms with Crippen LogP contribution in [-0.4, -0.2) is 71.9 Å². The smallest absolute Gasteiger partial charge is 0.159 e. The van der Waals surface area contributed by atoms with Gasteiger partial charge in [-0.15, -0.1) is 5.10 Å². The van der Waals surface area contributed by atoms with E-state index in [1.165, 1.54) is 5.56 Å². The summed E-state index contributed by atoms with van der Waals surface area (Å²) in [5.41, 5.74) is 8.98. The molecule has 2 N–H and O–H groups in total. The quantitative estimate of drug-likeness (QED) is 0.430. The molecule has 3 heterocycles. The number of anilines is 2. The third kappa shape index (κ3) is 5.15. The lowest BCUT2D eigenvalue weighted by atomic mass is 9.99. The molecule has 36 heavy (non-hydrogen) atoms. The van der Waals surface area contributed by atoms with E-state index in [1.807, 2.05) is 39.5 Å². The number of hydrogen-bond acceptors (Lipinski definition) is 8. The molecule has 0 radical (unpaired) electrons. The van der Waals surface area contributed by atoms with E-state index >= 15 is 0 Å². The molecular weight excluding hydrogens is 448 g/mol. The summed E-state index contributed by atoms with van der Waals surface area (Å²) in [7, 11) is 4.02. The Kier molecular flexibility index (Phi) is 6.80. The Bertz CT molecular complexity index is 1300. The molecule has 1 fully saturated rings. The molecule has 0 aliphatic carbocycles. The van der Waals surface area contributed by atoms with Crippen LogP contribution < -0.4 is 15.5 Å². The Morgan fingerprint density at radius 1 is 0.833 bits per heavy atom. The Balaban J connectivity index is 1.30. The van der Waals surface area contributed by atoms with E-state index in [1.54, 1.807) is 0 Å². The number of nitrogens with two attached hydrogens (primary N) is 1. The van der Waals surface area contributed by atoms with Crippen LogP contribution in [0.5, 0.6) is 0 Å². The highest BCUT2D eigenvalue weighted by Crippen LogP contribution is 2.28. The second kappa shape index (κ2) is 10.2. The van der Waals surface area contributed by atoms with Gasteiger partial charge in [0.15, 0.2) is 5.82 Å². The monoisotopic (exact) mass is 482 g/mol. The van der Waals surface area contributed by atoms with Crippen LogP contribution in [0.2, 0.25) is 0 Å². The molecule has 1 saturated heterocycles. The molecule has 8 nitrogen and oxygen atoms in total. The summed E-state index contributed by atoms with van der Waals surface area (Å²) in [6.07, 6.45) is 4.43. The molecular formula is C28H34N8. The molecule has 2 aromatic carbocycles. The van der Waals surface area contributed by atoms with Crippen molar-refractivity contribution < 1.29 is 0 Å². The molecule has 0 spiro atoms. The van der Waals surface area contributed by atoms with Crippen molar-refractivity contribution in [1.82, 2.24) is 25.1 Å². The zero-order valence-corrected chi connectivity index (χ0v) is 21.3. The average Bonchev–Trinajstić information content (AvgIpc) is 2.89. The lowest BCUT2D eigenvalue weighted by Gasteiger charge is -2.36. The number of aromatic nitrogens is 4. The van der Waals surface area contributed by atoms with Gasteiger partial charge in [-0.1, -0.05) is 54.6 Å². The van der Waals surface area contributed by atoms with Crippen LogP contribution in [0.1, 0.15) is 23.9 Å². The number of hydrogen-bond donors (Lipinski definition) is 1. The molecule has 5 rings (SSSR count). The summed E-state index contributed by atoms with van der Waals surface area (Å²) in [5, 5.41) is 11.7. The lowest BCUT2D eigenvalue weighted by Crippen LogP contribution is -2.47. The number of likely N-dealkylation sites (N-methyl/N-ethyl adjacent to an activating group) is 1. The third-order valence-corrected chi connectivity index (χ3v) is 6.73. The number of fused-ring (bicyclic) bond motifs is 1. The van der Waals surface area contributed by atoms with Gasteiger partial charge >= 0.3 is 0 Å². The van der Waals surface area contributed by atoms with Crippen LogP contribution in [-0.2, 0) is 12.0 Å². The zero-order valence-electron chi connectivity index (χ0n) is 21.3. The summed E-state index contributed by atoms with van der Waals surface area (Å²) in [4.78, 5) is 16.0. The Hall–Kier alpha value is -3.62. The van der Waals surface area contributed by atoms with Crippen LogP contribution in [0, 0.1) is 0 Å². The molecule has 1 unspecified atom stereocenters. The van der Waals surface area contributed by atoms with E-state index in [4.69, 9.17) is 15.8 Å². The lowest BCUT2D eigenvalue weighted by molar-refractivity contribution is 0.298. The molecule has 0 amide bonds. The third-order valence-electron chi connectivity index (χ3n) is 6.73. The van der Waals surface area contributed by atoms with Crippen LogP contribution in [0.3, 0.4) is 0 Å². The van der Waals surface area contributed by atoms with E-state index in [0.717, 1.165) is 66.4 Å². The van der Waals surface area contributed by atoms with Crippen LogP contribution in [0.4, 0.5) is 11.6 Å². The van der Waals surface area contributed by atoms with Gasteiger partial charge in [-0.05, 0) is 26.6 Å². The van der Waals surface area contributed by atoms with E-state index < -0.39 is 5.54 Å². The first-order valence-corrected chi connectivity index (χ1v) is 12.4. The minimum atomic E-state index is -0.542. The molecule has 0 bridgehead atoms. The predicted molar refractivity (Wildman–Crippen MR) is 145 cm³/mol. The summed E-state index contributed by atoms with van der Waals surface area (Å²) in [6, 6.07) is 18.9. The second-order valence-corrected chi connectivity index (χ2v) is 10.1. The Labute approximate surface area is 212 Å². The highest BCUT2D eigenvalue weighted by Gasteiger charge is 2.26. The van der Waals surface area contributed by atoms with Gasteiger partial charge < -0.3 is 20.4 Å². The van der Waals surface area contributed by atoms with Crippen LogP contribution in [0.25, 0.3) is 10.8 Å². The molecule has 1 atom stereocenters. The fraction of sp³-hybridized carbons (Fsp3) is 0.357. The first kappa shape index (κ1) is 24.1. The van der Waals surface area contributed by atoms with E-state index in [2.05, 4.69) is 73.3 Å². The van der Waals surface area contributed by atoms with E-state index in [0.29, 0.717) is 6.54 Å². The number of nitrogens with zero attached hydrogens (tertiary/aromatic N) is 7. The normalized spacial score (nSPS) is 15.9. The molecule has 0 saturated carbocycles. The summed E-state index contributed by atoms with van der Waals surface area (Å²) >= 11 is 0. The summed E-state index contributed by atoms with van der Waals surface area (Å²) < 4.78 is 0. The standard InChI is InChI=1S/C28H34N8/c1-28(29,20-34(2)3)25-18-31-26(19-30-25)35-13-15-36(16-14-35)27-23-12-8-7-11-22(23)24(32-33-27)17-21-9-5-4-6-10-21/h4-12,18-19H,13-17,20,29H2,1-3H3. The highest BCUT2D eigenvalue weighted by atomic mass is 15.3. The molecule has 1 aliphatic rings.